The molecule has 0 amide bonds. The number of carbonyl (C=O) groups is 1. The van der Waals surface area contributed by atoms with E-state index in [0.717, 1.165) is 5.56 Å². The van der Waals surface area contributed by atoms with Gasteiger partial charge in [0.25, 0.3) is 5.69 Å². The summed E-state index contributed by atoms with van der Waals surface area (Å²) in [5, 5.41) is 18.9. The van der Waals surface area contributed by atoms with E-state index < -0.39 is 22.2 Å². The van der Waals surface area contributed by atoms with Crippen LogP contribution in [-0.2, 0) is 15.1 Å². The molecule has 1 rings (SSSR count). The largest absolute Gasteiger partial charge is 0.345 e. The Morgan fingerprint density at radius 2 is 1.89 bits per heavy atom. The highest BCUT2D eigenvalue weighted by Crippen LogP contribution is 2.33. The maximum Gasteiger partial charge on any atom is 0.345 e. The number of nitrogens with zero attached hydrogens (tertiary/aromatic N) is 1. The van der Waals surface area contributed by atoms with Crippen molar-refractivity contribution in [3.05, 3.63) is 39.9 Å². The number of carbonyl (C=O) groups excluding carboxylic acids is 1. The SMILES string of the molecule is CC(C(=O)OO)C(C)(C)c1ccc([N+](=O)[O-])cc1. The van der Waals surface area contributed by atoms with Gasteiger partial charge in [-0.3, -0.25) is 10.1 Å². The van der Waals surface area contributed by atoms with Crippen LogP contribution < -0.4 is 0 Å². The summed E-state index contributed by atoms with van der Waals surface area (Å²) in [5.74, 6) is -1.32. The first-order valence-electron chi connectivity index (χ1n) is 5.41. The molecule has 98 valence electrons. The summed E-state index contributed by atoms with van der Waals surface area (Å²) in [6, 6.07) is 5.96. The van der Waals surface area contributed by atoms with E-state index in [1.54, 1.807) is 32.9 Å². The van der Waals surface area contributed by atoms with Crippen molar-refractivity contribution in [3.8, 4) is 0 Å². The van der Waals surface area contributed by atoms with Gasteiger partial charge in [0.1, 0.15) is 0 Å². The first kappa shape index (κ1) is 14.1. The summed E-state index contributed by atoms with van der Waals surface area (Å²) in [4.78, 5) is 25.1. The zero-order chi connectivity index (χ0) is 13.9. The van der Waals surface area contributed by atoms with Crippen LogP contribution in [0.3, 0.4) is 0 Å². The number of rotatable bonds is 4. The molecular weight excluding hydrogens is 238 g/mol. The normalized spacial score (nSPS) is 12.9. The standard InChI is InChI=1S/C12H15NO5/c1-8(11(14)18-17)12(2,3)9-4-6-10(7-5-9)13(15)16/h4-8,17H,1-3H3. The lowest BCUT2D eigenvalue weighted by molar-refractivity contribution is -0.384. The van der Waals surface area contributed by atoms with E-state index in [-0.39, 0.29) is 5.69 Å². The molecule has 1 aromatic rings. The second-order valence-corrected chi connectivity index (χ2v) is 4.66. The molecule has 0 saturated carbocycles. The monoisotopic (exact) mass is 253 g/mol. The number of nitro groups is 1. The van der Waals surface area contributed by atoms with Crippen LogP contribution in [-0.4, -0.2) is 16.1 Å². The highest BCUT2D eigenvalue weighted by atomic mass is 17.1. The molecule has 0 radical (unpaired) electrons. The van der Waals surface area contributed by atoms with Crippen LogP contribution in [0.5, 0.6) is 0 Å². The van der Waals surface area contributed by atoms with Gasteiger partial charge in [-0.25, -0.2) is 4.79 Å². The quantitative estimate of drug-likeness (QED) is 0.506. The molecule has 6 heteroatoms. The maximum atomic E-state index is 11.3. The van der Waals surface area contributed by atoms with Crippen LogP contribution in [0.4, 0.5) is 5.69 Å². The molecule has 0 saturated heterocycles. The number of nitro benzene ring substituents is 1. The van der Waals surface area contributed by atoms with Gasteiger partial charge in [0.2, 0.25) is 0 Å². The molecule has 0 spiro atoms. The molecule has 0 bridgehead atoms. The summed E-state index contributed by atoms with van der Waals surface area (Å²) in [6.45, 7) is 5.23. The highest BCUT2D eigenvalue weighted by Gasteiger charge is 2.34. The van der Waals surface area contributed by atoms with Crippen LogP contribution in [0.15, 0.2) is 24.3 Å². The number of hydrogen-bond acceptors (Lipinski definition) is 5. The highest BCUT2D eigenvalue weighted by molar-refractivity contribution is 5.73. The minimum absolute atomic E-state index is 0.00747. The Labute approximate surface area is 104 Å². The third kappa shape index (κ3) is 2.65. The van der Waals surface area contributed by atoms with Gasteiger partial charge in [-0.2, -0.15) is 5.26 Å². The summed E-state index contributed by atoms with van der Waals surface area (Å²) in [6.07, 6.45) is 0. The average molecular weight is 253 g/mol. The molecule has 0 aliphatic heterocycles. The van der Waals surface area contributed by atoms with Gasteiger partial charge in [0, 0.05) is 17.5 Å². The molecule has 1 unspecified atom stereocenters. The minimum atomic E-state index is -0.738. The molecule has 1 atom stereocenters. The fraction of sp³-hybridized carbons (Fsp3) is 0.417. The van der Waals surface area contributed by atoms with Gasteiger partial charge in [-0.15, -0.1) is 0 Å². The molecule has 0 aliphatic rings. The lowest BCUT2D eigenvalue weighted by atomic mass is 9.74. The zero-order valence-electron chi connectivity index (χ0n) is 10.4. The lowest BCUT2D eigenvalue weighted by Gasteiger charge is -2.29. The topological polar surface area (TPSA) is 89.7 Å². The molecule has 1 N–H and O–H groups in total. The van der Waals surface area contributed by atoms with Crippen LogP contribution in [0, 0.1) is 16.0 Å². The van der Waals surface area contributed by atoms with Gasteiger partial charge in [-0.05, 0) is 5.56 Å². The van der Waals surface area contributed by atoms with E-state index in [2.05, 4.69) is 4.89 Å². The Hall–Kier alpha value is -1.95. The third-order valence-corrected chi connectivity index (χ3v) is 3.35. The average Bonchev–Trinajstić information content (AvgIpc) is 2.36. The predicted octanol–water partition coefficient (Wildman–Crippen LogP) is 2.52. The fourth-order valence-corrected chi connectivity index (χ4v) is 1.64. The maximum absolute atomic E-state index is 11.3. The number of benzene rings is 1. The Bertz CT molecular complexity index is 452. The lowest BCUT2D eigenvalue weighted by Crippen LogP contribution is -2.33. The summed E-state index contributed by atoms with van der Waals surface area (Å²) >= 11 is 0. The van der Waals surface area contributed by atoms with Crippen molar-refractivity contribution in [2.24, 2.45) is 5.92 Å². The minimum Gasteiger partial charge on any atom is -0.301 e. The Morgan fingerprint density at radius 1 is 1.39 bits per heavy atom. The van der Waals surface area contributed by atoms with Gasteiger partial charge in [0.15, 0.2) is 0 Å². The van der Waals surface area contributed by atoms with Crippen LogP contribution in [0.2, 0.25) is 0 Å². The first-order valence-corrected chi connectivity index (χ1v) is 5.41. The molecule has 18 heavy (non-hydrogen) atoms. The molecule has 0 heterocycles. The van der Waals surface area contributed by atoms with Crippen LogP contribution >= 0.6 is 0 Å². The Kier molecular flexibility index (Phi) is 4.03. The second-order valence-electron chi connectivity index (χ2n) is 4.66. The Balaban J connectivity index is 3.04. The zero-order valence-corrected chi connectivity index (χ0v) is 10.4. The molecule has 0 fully saturated rings. The predicted molar refractivity (Wildman–Crippen MR) is 64.0 cm³/mol. The van der Waals surface area contributed by atoms with E-state index >= 15 is 0 Å². The number of hydrogen-bond donors (Lipinski definition) is 1. The van der Waals surface area contributed by atoms with Gasteiger partial charge < -0.3 is 4.89 Å². The van der Waals surface area contributed by atoms with Crippen molar-refractivity contribution in [1.29, 1.82) is 0 Å². The van der Waals surface area contributed by atoms with Crippen molar-refractivity contribution in [1.82, 2.24) is 0 Å². The van der Waals surface area contributed by atoms with E-state index in [1.807, 2.05) is 0 Å². The number of non-ortho nitro benzene ring substituents is 1. The van der Waals surface area contributed by atoms with Gasteiger partial charge in [0.05, 0.1) is 10.8 Å². The summed E-state index contributed by atoms with van der Waals surface area (Å²) < 4.78 is 0. The van der Waals surface area contributed by atoms with Crippen LogP contribution in [0.1, 0.15) is 26.3 Å². The van der Waals surface area contributed by atoms with Crippen molar-refractivity contribution < 1.29 is 19.9 Å². The molecule has 0 aliphatic carbocycles. The van der Waals surface area contributed by atoms with Crippen molar-refractivity contribution in [2.45, 2.75) is 26.2 Å². The Morgan fingerprint density at radius 3 is 2.28 bits per heavy atom. The molecule has 0 aromatic heterocycles. The summed E-state index contributed by atoms with van der Waals surface area (Å²) in [5.41, 5.74) is 0.146. The fourth-order valence-electron chi connectivity index (χ4n) is 1.64. The smallest absolute Gasteiger partial charge is 0.301 e. The van der Waals surface area contributed by atoms with Crippen LogP contribution in [0.25, 0.3) is 0 Å². The van der Waals surface area contributed by atoms with Crippen molar-refractivity contribution >= 4 is 11.7 Å². The molecule has 6 nitrogen and oxygen atoms in total. The van der Waals surface area contributed by atoms with E-state index in [4.69, 9.17) is 5.26 Å². The second kappa shape index (κ2) is 5.14. The van der Waals surface area contributed by atoms with Crippen molar-refractivity contribution in [2.75, 3.05) is 0 Å². The third-order valence-electron chi connectivity index (χ3n) is 3.35. The van der Waals surface area contributed by atoms with Gasteiger partial charge >= 0.3 is 5.97 Å². The molecule has 1 aromatic carbocycles. The van der Waals surface area contributed by atoms with Gasteiger partial charge in [-0.1, -0.05) is 32.9 Å². The first-order chi connectivity index (χ1) is 8.30. The van der Waals surface area contributed by atoms with E-state index in [9.17, 15) is 14.9 Å². The van der Waals surface area contributed by atoms with Crippen molar-refractivity contribution in [3.63, 3.8) is 0 Å². The van der Waals surface area contributed by atoms with E-state index in [0.29, 0.717) is 0 Å². The van der Waals surface area contributed by atoms with E-state index in [1.165, 1.54) is 12.1 Å². The summed E-state index contributed by atoms with van der Waals surface area (Å²) in [7, 11) is 0. The molecular formula is C12H15NO5.